The topological polar surface area (TPSA) is 95.1 Å². The largest absolute Gasteiger partial charge is 0.396 e. The number of carbonyl (C=O) groups excluding carboxylic acids is 1. The van der Waals surface area contributed by atoms with Crippen LogP contribution in [-0.4, -0.2) is 45.9 Å². The van der Waals surface area contributed by atoms with Gasteiger partial charge in [-0.05, 0) is 18.2 Å². The number of aromatic nitrogens is 2. The standard InChI is InChI=1S/C10H15N3O3S/c14-5-1-6-17-7-4-11-10(16)8-2-3-9(15)13-12-8/h2-3,14H,1,4-7H2,(H,11,16)(H,13,15). The normalized spacial score (nSPS) is 10.2. The highest BCUT2D eigenvalue weighted by atomic mass is 32.2. The van der Waals surface area contributed by atoms with Crippen molar-refractivity contribution in [2.45, 2.75) is 6.42 Å². The maximum absolute atomic E-state index is 11.5. The van der Waals surface area contributed by atoms with Gasteiger partial charge in [0.25, 0.3) is 11.5 Å². The molecule has 0 atom stereocenters. The van der Waals surface area contributed by atoms with Gasteiger partial charge >= 0.3 is 0 Å². The first kappa shape index (κ1) is 13.7. The summed E-state index contributed by atoms with van der Waals surface area (Å²) in [5, 5.41) is 17.1. The van der Waals surface area contributed by atoms with Gasteiger partial charge in [0.2, 0.25) is 0 Å². The van der Waals surface area contributed by atoms with E-state index in [1.165, 1.54) is 12.1 Å². The number of rotatable bonds is 7. The van der Waals surface area contributed by atoms with E-state index >= 15 is 0 Å². The molecule has 3 N–H and O–H groups in total. The summed E-state index contributed by atoms with van der Waals surface area (Å²) < 4.78 is 0. The van der Waals surface area contributed by atoms with Crippen LogP contribution < -0.4 is 10.9 Å². The molecule has 17 heavy (non-hydrogen) atoms. The van der Waals surface area contributed by atoms with Gasteiger partial charge in [0.15, 0.2) is 0 Å². The molecule has 1 heterocycles. The second kappa shape index (κ2) is 7.86. The molecule has 6 nitrogen and oxygen atoms in total. The Morgan fingerprint density at radius 3 is 2.94 bits per heavy atom. The second-order valence-corrected chi connectivity index (χ2v) is 4.48. The van der Waals surface area contributed by atoms with Gasteiger partial charge in [-0.1, -0.05) is 0 Å². The van der Waals surface area contributed by atoms with Gasteiger partial charge in [-0.25, -0.2) is 5.10 Å². The third kappa shape index (κ3) is 5.50. The average molecular weight is 257 g/mol. The van der Waals surface area contributed by atoms with Crippen molar-refractivity contribution in [3.8, 4) is 0 Å². The van der Waals surface area contributed by atoms with Gasteiger partial charge < -0.3 is 10.4 Å². The fourth-order valence-electron chi connectivity index (χ4n) is 1.07. The molecule has 0 aliphatic heterocycles. The molecule has 0 aromatic carbocycles. The number of amides is 1. The van der Waals surface area contributed by atoms with E-state index in [2.05, 4.69) is 15.5 Å². The molecular formula is C10H15N3O3S. The molecule has 0 radical (unpaired) electrons. The molecule has 0 aliphatic carbocycles. The van der Waals surface area contributed by atoms with Crippen LogP contribution in [0.2, 0.25) is 0 Å². The number of aromatic amines is 1. The molecule has 1 amide bonds. The summed E-state index contributed by atoms with van der Waals surface area (Å²) in [5.74, 6) is 1.36. The summed E-state index contributed by atoms with van der Waals surface area (Å²) in [6, 6.07) is 2.64. The zero-order valence-corrected chi connectivity index (χ0v) is 10.1. The van der Waals surface area contributed by atoms with E-state index in [1.807, 2.05) is 0 Å². The lowest BCUT2D eigenvalue weighted by atomic mass is 10.4. The van der Waals surface area contributed by atoms with Crippen molar-refractivity contribution in [1.82, 2.24) is 15.5 Å². The molecule has 0 fully saturated rings. The Labute approximate surface area is 103 Å². The minimum Gasteiger partial charge on any atom is -0.396 e. The Bertz CT molecular complexity index is 388. The van der Waals surface area contributed by atoms with Crippen molar-refractivity contribution in [2.24, 2.45) is 0 Å². The number of carbonyl (C=O) groups is 1. The quantitative estimate of drug-likeness (QED) is 0.579. The van der Waals surface area contributed by atoms with E-state index in [0.717, 1.165) is 17.9 Å². The number of nitrogens with zero attached hydrogens (tertiary/aromatic N) is 1. The number of H-pyrrole nitrogens is 1. The Hall–Kier alpha value is -1.34. The maximum Gasteiger partial charge on any atom is 0.271 e. The highest BCUT2D eigenvalue weighted by molar-refractivity contribution is 7.99. The van der Waals surface area contributed by atoms with Gasteiger partial charge in [-0.15, -0.1) is 0 Å². The summed E-state index contributed by atoms with van der Waals surface area (Å²) in [4.78, 5) is 22.2. The number of aliphatic hydroxyl groups excluding tert-OH is 1. The van der Waals surface area contributed by atoms with Crippen LogP contribution >= 0.6 is 11.8 Å². The number of thioether (sulfide) groups is 1. The molecule has 0 bridgehead atoms. The number of aliphatic hydroxyl groups is 1. The molecule has 0 saturated carbocycles. The van der Waals surface area contributed by atoms with Crippen LogP contribution in [0.25, 0.3) is 0 Å². The molecule has 1 aromatic heterocycles. The van der Waals surface area contributed by atoms with Crippen LogP contribution in [0.5, 0.6) is 0 Å². The molecule has 1 rings (SSSR count). The zero-order chi connectivity index (χ0) is 12.5. The van der Waals surface area contributed by atoms with E-state index < -0.39 is 0 Å². The lowest BCUT2D eigenvalue weighted by Crippen LogP contribution is -2.27. The first-order chi connectivity index (χ1) is 8.24. The minimum absolute atomic E-state index is 0.195. The smallest absolute Gasteiger partial charge is 0.271 e. The highest BCUT2D eigenvalue weighted by Crippen LogP contribution is 2.00. The van der Waals surface area contributed by atoms with Crippen molar-refractivity contribution in [1.29, 1.82) is 0 Å². The summed E-state index contributed by atoms with van der Waals surface area (Å²) >= 11 is 1.66. The Balaban J connectivity index is 2.21. The van der Waals surface area contributed by atoms with Gasteiger partial charge in [0, 0.05) is 25.0 Å². The molecular weight excluding hydrogens is 242 g/mol. The van der Waals surface area contributed by atoms with Crippen LogP contribution in [0.3, 0.4) is 0 Å². The van der Waals surface area contributed by atoms with Crippen molar-refractivity contribution in [3.05, 3.63) is 28.2 Å². The van der Waals surface area contributed by atoms with Crippen LogP contribution in [0.4, 0.5) is 0 Å². The number of hydrogen-bond donors (Lipinski definition) is 3. The predicted molar refractivity (Wildman–Crippen MR) is 66.2 cm³/mol. The molecule has 1 aromatic rings. The molecule has 0 aliphatic rings. The fraction of sp³-hybridized carbons (Fsp3) is 0.500. The summed E-state index contributed by atoms with van der Waals surface area (Å²) in [6.07, 6.45) is 0.764. The van der Waals surface area contributed by atoms with Crippen LogP contribution in [0.15, 0.2) is 16.9 Å². The number of hydrogen-bond acceptors (Lipinski definition) is 5. The predicted octanol–water partition coefficient (Wildman–Crippen LogP) is -0.385. The summed E-state index contributed by atoms with van der Waals surface area (Å²) in [7, 11) is 0. The summed E-state index contributed by atoms with van der Waals surface area (Å²) in [5.41, 5.74) is -0.133. The highest BCUT2D eigenvalue weighted by Gasteiger charge is 2.05. The number of nitrogens with one attached hydrogen (secondary N) is 2. The Kier molecular flexibility index (Phi) is 6.34. The van der Waals surface area contributed by atoms with Gasteiger partial charge in [0.05, 0.1) is 0 Å². The second-order valence-electron chi connectivity index (χ2n) is 3.25. The van der Waals surface area contributed by atoms with Gasteiger partial charge in [-0.3, -0.25) is 9.59 Å². The average Bonchev–Trinajstić information content (AvgIpc) is 2.34. The van der Waals surface area contributed by atoms with E-state index in [4.69, 9.17) is 5.11 Å². The van der Waals surface area contributed by atoms with Crippen molar-refractivity contribution < 1.29 is 9.90 Å². The van der Waals surface area contributed by atoms with E-state index in [0.29, 0.717) is 6.54 Å². The van der Waals surface area contributed by atoms with Gasteiger partial charge in [-0.2, -0.15) is 16.9 Å². The van der Waals surface area contributed by atoms with Gasteiger partial charge in [0.1, 0.15) is 5.69 Å². The first-order valence-corrected chi connectivity index (χ1v) is 6.42. The SMILES string of the molecule is O=C(NCCSCCCO)c1ccc(=O)[nH]n1. The molecule has 0 spiro atoms. The summed E-state index contributed by atoms with van der Waals surface area (Å²) in [6.45, 7) is 0.733. The minimum atomic E-state index is -0.332. The van der Waals surface area contributed by atoms with Crippen LogP contribution in [0, 0.1) is 0 Å². The fourth-order valence-corrected chi connectivity index (χ4v) is 1.85. The zero-order valence-electron chi connectivity index (χ0n) is 9.31. The van der Waals surface area contributed by atoms with Crippen LogP contribution in [-0.2, 0) is 0 Å². The van der Waals surface area contributed by atoms with Crippen LogP contribution in [0.1, 0.15) is 16.9 Å². The van der Waals surface area contributed by atoms with E-state index in [9.17, 15) is 9.59 Å². The lowest BCUT2D eigenvalue weighted by Gasteiger charge is -2.03. The molecule has 94 valence electrons. The Morgan fingerprint density at radius 1 is 1.47 bits per heavy atom. The maximum atomic E-state index is 11.5. The van der Waals surface area contributed by atoms with E-state index in [-0.39, 0.29) is 23.8 Å². The van der Waals surface area contributed by atoms with Crippen molar-refractivity contribution in [3.63, 3.8) is 0 Å². The third-order valence-corrected chi connectivity index (χ3v) is 2.96. The molecule has 7 heteroatoms. The third-order valence-electron chi connectivity index (χ3n) is 1.89. The molecule has 0 saturated heterocycles. The monoisotopic (exact) mass is 257 g/mol. The first-order valence-electron chi connectivity index (χ1n) is 5.26. The Morgan fingerprint density at radius 2 is 2.29 bits per heavy atom. The van der Waals surface area contributed by atoms with Crippen molar-refractivity contribution >= 4 is 17.7 Å². The van der Waals surface area contributed by atoms with Crippen molar-refractivity contribution in [2.75, 3.05) is 24.7 Å². The lowest BCUT2D eigenvalue weighted by molar-refractivity contribution is 0.0950. The molecule has 0 unspecified atom stereocenters. The van der Waals surface area contributed by atoms with E-state index in [1.54, 1.807) is 11.8 Å².